The molecule has 0 unspecified atom stereocenters. The van der Waals surface area contributed by atoms with E-state index in [0.29, 0.717) is 0 Å². The van der Waals surface area contributed by atoms with Gasteiger partial charge >= 0.3 is 0 Å². The number of carbonyl (C=O) groups is 1. The molecule has 0 atom stereocenters. The lowest BCUT2D eigenvalue weighted by Crippen LogP contribution is -2.14. The summed E-state index contributed by atoms with van der Waals surface area (Å²) in [7, 11) is 0. The molecule has 0 rings (SSSR count). The van der Waals surface area contributed by atoms with E-state index in [4.69, 9.17) is 5.73 Å². The van der Waals surface area contributed by atoms with Crippen molar-refractivity contribution in [1.82, 2.24) is 0 Å². The van der Waals surface area contributed by atoms with E-state index in [1.807, 2.05) is 0 Å². The minimum absolute atomic E-state index is 0.191. The zero-order chi connectivity index (χ0) is 5.70. The third kappa shape index (κ3) is 5.39. The first-order chi connectivity index (χ1) is 3.27. The Morgan fingerprint density at radius 2 is 2.29 bits per heavy atom. The van der Waals surface area contributed by atoms with E-state index in [-0.39, 0.29) is 13.0 Å². The molecule has 4 nitrogen and oxygen atoms in total. The molecule has 0 fully saturated rings. The molecule has 0 aromatic rings. The number of hydrogen-bond donors (Lipinski definition) is 2. The van der Waals surface area contributed by atoms with Crippen LogP contribution in [0, 0.1) is 0 Å². The molecule has 0 saturated carbocycles. The third-order valence-corrected chi connectivity index (χ3v) is 0.466. The van der Waals surface area contributed by atoms with E-state index in [1.165, 1.54) is 0 Å². The van der Waals surface area contributed by atoms with Crippen LogP contribution in [0.15, 0.2) is 0 Å². The number of primary amides is 1. The summed E-state index contributed by atoms with van der Waals surface area (Å²) < 4.78 is 0. The Hall–Kier alpha value is -0.610. The Balaban J connectivity index is 2.82. The highest BCUT2D eigenvalue weighted by atomic mass is 16.6. The second-order valence-corrected chi connectivity index (χ2v) is 1.09. The molecule has 0 bridgehead atoms. The molecule has 0 aromatic heterocycles. The summed E-state index contributed by atoms with van der Waals surface area (Å²) in [5.41, 5.74) is 4.70. The third-order valence-electron chi connectivity index (χ3n) is 0.466. The predicted molar refractivity (Wildman–Crippen MR) is 24.0 cm³/mol. The van der Waals surface area contributed by atoms with Crippen molar-refractivity contribution >= 4 is 5.91 Å². The average Bonchev–Trinajstić information content (AvgIpc) is 1.61. The standard InChI is InChI=1S/C3H8N2O2/c4-3(6)1-2-7-5/h1-2,5H2,(H2,4,6). The van der Waals surface area contributed by atoms with Crippen molar-refractivity contribution in [3.8, 4) is 0 Å². The van der Waals surface area contributed by atoms with Gasteiger partial charge in [-0.15, -0.1) is 0 Å². The maximum Gasteiger partial charge on any atom is 0.219 e. The summed E-state index contributed by atoms with van der Waals surface area (Å²) >= 11 is 0. The molecule has 0 aromatic carbocycles. The first kappa shape index (κ1) is 6.39. The summed E-state index contributed by atoms with van der Waals surface area (Å²) in [6.07, 6.45) is 0.191. The monoisotopic (exact) mass is 104 g/mol. The molecule has 0 aliphatic heterocycles. The van der Waals surface area contributed by atoms with E-state index in [9.17, 15) is 4.79 Å². The van der Waals surface area contributed by atoms with E-state index < -0.39 is 5.91 Å². The van der Waals surface area contributed by atoms with Crippen molar-refractivity contribution in [2.24, 2.45) is 11.6 Å². The van der Waals surface area contributed by atoms with Gasteiger partial charge in [-0.2, -0.15) is 0 Å². The minimum Gasteiger partial charge on any atom is -0.370 e. The largest absolute Gasteiger partial charge is 0.370 e. The highest BCUT2D eigenvalue weighted by Gasteiger charge is 1.89. The Kier molecular flexibility index (Phi) is 3.26. The van der Waals surface area contributed by atoms with Gasteiger partial charge in [0.15, 0.2) is 0 Å². The predicted octanol–water partition coefficient (Wildman–Crippen LogP) is -1.25. The lowest BCUT2D eigenvalue weighted by atomic mass is 10.4. The molecule has 0 aliphatic rings. The van der Waals surface area contributed by atoms with Crippen molar-refractivity contribution in [2.75, 3.05) is 6.61 Å². The molecule has 1 amide bonds. The van der Waals surface area contributed by atoms with Crippen LogP contribution in [-0.4, -0.2) is 12.5 Å². The normalized spacial score (nSPS) is 8.71. The molecule has 42 valence electrons. The second kappa shape index (κ2) is 3.58. The van der Waals surface area contributed by atoms with Gasteiger partial charge in [0.05, 0.1) is 13.0 Å². The van der Waals surface area contributed by atoms with Gasteiger partial charge in [-0.05, 0) is 0 Å². The topological polar surface area (TPSA) is 78.3 Å². The van der Waals surface area contributed by atoms with Gasteiger partial charge in [-0.3, -0.25) is 4.79 Å². The first-order valence-electron chi connectivity index (χ1n) is 1.87. The fraction of sp³-hybridized carbons (Fsp3) is 0.667. The van der Waals surface area contributed by atoms with Crippen LogP contribution in [0.4, 0.5) is 0 Å². The smallest absolute Gasteiger partial charge is 0.219 e. The zero-order valence-corrected chi connectivity index (χ0v) is 3.89. The average molecular weight is 104 g/mol. The van der Waals surface area contributed by atoms with Gasteiger partial charge in [0.25, 0.3) is 0 Å². The van der Waals surface area contributed by atoms with Crippen molar-refractivity contribution in [2.45, 2.75) is 6.42 Å². The Morgan fingerprint density at radius 1 is 1.71 bits per heavy atom. The van der Waals surface area contributed by atoms with Crippen LogP contribution < -0.4 is 11.6 Å². The van der Waals surface area contributed by atoms with Crippen molar-refractivity contribution in [1.29, 1.82) is 0 Å². The summed E-state index contributed by atoms with van der Waals surface area (Å²) in [4.78, 5) is 13.9. The van der Waals surface area contributed by atoms with Crippen LogP contribution >= 0.6 is 0 Å². The van der Waals surface area contributed by atoms with Crippen LogP contribution in [0.5, 0.6) is 0 Å². The molecule has 4 heteroatoms. The van der Waals surface area contributed by atoms with Gasteiger partial charge < -0.3 is 10.6 Å². The second-order valence-electron chi connectivity index (χ2n) is 1.09. The fourth-order valence-corrected chi connectivity index (χ4v) is 0.160. The van der Waals surface area contributed by atoms with Gasteiger partial charge in [0, 0.05) is 0 Å². The summed E-state index contributed by atoms with van der Waals surface area (Å²) in [5, 5.41) is 0. The van der Waals surface area contributed by atoms with Crippen molar-refractivity contribution in [3.05, 3.63) is 0 Å². The summed E-state index contributed by atoms with van der Waals surface area (Å²) in [6.45, 7) is 0.204. The highest BCUT2D eigenvalue weighted by molar-refractivity contribution is 5.73. The first-order valence-corrected chi connectivity index (χ1v) is 1.87. The van der Waals surface area contributed by atoms with Gasteiger partial charge in [-0.1, -0.05) is 0 Å². The lowest BCUT2D eigenvalue weighted by Gasteiger charge is -1.89. The van der Waals surface area contributed by atoms with Crippen LogP contribution in [-0.2, 0) is 9.63 Å². The zero-order valence-electron chi connectivity index (χ0n) is 3.89. The number of carbonyl (C=O) groups excluding carboxylic acids is 1. The molecule has 4 N–H and O–H groups in total. The maximum atomic E-state index is 9.84. The molecule has 0 aliphatic carbocycles. The van der Waals surface area contributed by atoms with Gasteiger partial charge in [-0.25, -0.2) is 5.90 Å². The fourth-order valence-electron chi connectivity index (χ4n) is 0.160. The Bertz CT molecular complexity index is 64.0. The summed E-state index contributed by atoms with van der Waals surface area (Å²) in [5.74, 6) is 4.17. The van der Waals surface area contributed by atoms with Gasteiger partial charge in [0.1, 0.15) is 0 Å². The molecule has 0 heterocycles. The van der Waals surface area contributed by atoms with Crippen LogP contribution in [0.1, 0.15) is 6.42 Å². The molecular weight excluding hydrogens is 96.0 g/mol. The van der Waals surface area contributed by atoms with E-state index in [1.54, 1.807) is 0 Å². The Labute approximate surface area is 41.4 Å². The quantitative estimate of drug-likeness (QED) is 0.439. The van der Waals surface area contributed by atoms with Crippen LogP contribution in [0.3, 0.4) is 0 Å². The lowest BCUT2D eigenvalue weighted by molar-refractivity contribution is -0.119. The van der Waals surface area contributed by atoms with Crippen molar-refractivity contribution in [3.63, 3.8) is 0 Å². The Morgan fingerprint density at radius 3 is 2.43 bits per heavy atom. The van der Waals surface area contributed by atoms with E-state index in [2.05, 4.69) is 10.7 Å². The number of amides is 1. The molecule has 7 heavy (non-hydrogen) atoms. The number of hydrogen-bond acceptors (Lipinski definition) is 3. The minimum atomic E-state index is -0.398. The van der Waals surface area contributed by atoms with E-state index >= 15 is 0 Å². The maximum absolute atomic E-state index is 9.84. The van der Waals surface area contributed by atoms with Crippen LogP contribution in [0.2, 0.25) is 0 Å². The number of rotatable bonds is 3. The highest BCUT2D eigenvalue weighted by Crippen LogP contribution is 1.71. The number of nitrogens with two attached hydrogens (primary N) is 2. The van der Waals surface area contributed by atoms with E-state index in [0.717, 1.165) is 0 Å². The molecular formula is C3H8N2O2. The molecule has 0 saturated heterocycles. The molecule has 0 radical (unpaired) electrons. The van der Waals surface area contributed by atoms with Crippen molar-refractivity contribution < 1.29 is 9.63 Å². The SMILES string of the molecule is NOCCC(N)=O. The summed E-state index contributed by atoms with van der Waals surface area (Å²) in [6, 6.07) is 0. The van der Waals surface area contributed by atoms with Crippen LogP contribution in [0.25, 0.3) is 0 Å². The molecule has 0 spiro atoms. The van der Waals surface area contributed by atoms with Gasteiger partial charge in [0.2, 0.25) is 5.91 Å².